The van der Waals surface area contributed by atoms with Gasteiger partial charge in [-0.1, -0.05) is 29.9 Å². The van der Waals surface area contributed by atoms with Crippen molar-refractivity contribution in [2.45, 2.75) is 32.7 Å². The lowest BCUT2D eigenvalue weighted by molar-refractivity contribution is -0.120. The van der Waals surface area contributed by atoms with Crippen LogP contribution in [0, 0.1) is 11.2 Å². The molecule has 1 aliphatic carbocycles. The van der Waals surface area contributed by atoms with Crippen LogP contribution in [0.3, 0.4) is 0 Å². The van der Waals surface area contributed by atoms with E-state index >= 15 is 0 Å². The average Bonchev–Trinajstić information content (AvgIpc) is 3.13. The number of nitrogens with zero attached hydrogens (tertiary/aromatic N) is 2. The van der Waals surface area contributed by atoms with Crippen LogP contribution in [0.4, 0.5) is 9.52 Å². The summed E-state index contributed by atoms with van der Waals surface area (Å²) in [6, 6.07) is 4.44. The quantitative estimate of drug-likeness (QED) is 0.645. The van der Waals surface area contributed by atoms with Crippen molar-refractivity contribution in [2.24, 2.45) is 5.41 Å². The SMILES string of the molecule is CC1(C(=O)Nc2nc3c(s2)CN(C(=O)c2cc4cc(F)c(Cl)cc4[nH]2)CC3)CC1. The van der Waals surface area contributed by atoms with Crippen LogP contribution < -0.4 is 5.32 Å². The fraction of sp³-hybridized carbons (Fsp3) is 0.350. The molecule has 9 heteroatoms. The van der Waals surface area contributed by atoms with Crippen LogP contribution in [0.15, 0.2) is 18.2 Å². The van der Waals surface area contributed by atoms with Gasteiger partial charge in [0.2, 0.25) is 5.91 Å². The van der Waals surface area contributed by atoms with Gasteiger partial charge in [-0.3, -0.25) is 9.59 Å². The number of rotatable bonds is 3. The summed E-state index contributed by atoms with van der Waals surface area (Å²) in [5.74, 6) is -0.660. The Hall–Kier alpha value is -2.45. The number of hydrogen-bond acceptors (Lipinski definition) is 4. The second-order valence-electron chi connectivity index (χ2n) is 7.92. The lowest BCUT2D eigenvalue weighted by Gasteiger charge is -2.25. The Balaban J connectivity index is 1.34. The Bertz CT molecular complexity index is 1130. The highest BCUT2D eigenvalue weighted by Crippen LogP contribution is 2.46. The minimum absolute atomic E-state index is 0.0141. The van der Waals surface area contributed by atoms with Crippen LogP contribution in [0.1, 0.15) is 40.8 Å². The number of nitrogens with one attached hydrogen (secondary N) is 2. The van der Waals surface area contributed by atoms with E-state index in [1.54, 1.807) is 11.0 Å². The molecule has 2 aromatic heterocycles. The summed E-state index contributed by atoms with van der Waals surface area (Å²) < 4.78 is 13.7. The third-order valence-corrected chi connectivity index (χ3v) is 6.97. The molecule has 1 aromatic carbocycles. The van der Waals surface area contributed by atoms with Gasteiger partial charge < -0.3 is 15.2 Å². The number of H-pyrrole nitrogens is 1. The molecule has 29 heavy (non-hydrogen) atoms. The number of benzene rings is 1. The first-order valence-corrected chi connectivity index (χ1v) is 10.6. The number of thiazole rings is 1. The molecule has 0 bridgehead atoms. The number of aromatic nitrogens is 2. The molecule has 0 saturated heterocycles. The Morgan fingerprint density at radius 2 is 2.14 bits per heavy atom. The van der Waals surface area contributed by atoms with E-state index in [2.05, 4.69) is 15.3 Å². The molecule has 0 spiro atoms. The third-order valence-electron chi connectivity index (χ3n) is 5.68. The first-order chi connectivity index (χ1) is 13.8. The Labute approximate surface area is 175 Å². The van der Waals surface area contributed by atoms with Crippen LogP contribution in [-0.4, -0.2) is 33.2 Å². The maximum absolute atomic E-state index is 13.7. The first-order valence-electron chi connectivity index (χ1n) is 9.39. The summed E-state index contributed by atoms with van der Waals surface area (Å²) in [6.45, 7) is 2.92. The first kappa shape index (κ1) is 18.6. The van der Waals surface area contributed by atoms with Crippen molar-refractivity contribution in [3.63, 3.8) is 0 Å². The zero-order valence-corrected chi connectivity index (χ0v) is 17.2. The summed E-state index contributed by atoms with van der Waals surface area (Å²) in [4.78, 5) is 35.5. The second kappa shape index (κ2) is 6.53. The summed E-state index contributed by atoms with van der Waals surface area (Å²) in [5, 5.41) is 4.13. The number of carbonyl (C=O) groups excluding carboxylic acids is 2. The van der Waals surface area contributed by atoms with E-state index in [0.717, 1.165) is 23.4 Å². The van der Waals surface area contributed by atoms with Gasteiger partial charge in [0, 0.05) is 34.2 Å². The lowest BCUT2D eigenvalue weighted by atomic mass is 10.1. The molecular formula is C20H18ClFN4O2S. The third kappa shape index (κ3) is 3.30. The Morgan fingerprint density at radius 1 is 1.34 bits per heavy atom. The van der Waals surface area contributed by atoms with Gasteiger partial charge in [-0.15, -0.1) is 0 Å². The molecule has 2 amide bonds. The summed E-state index contributed by atoms with van der Waals surface area (Å²) in [6.07, 6.45) is 2.45. The second-order valence-corrected chi connectivity index (χ2v) is 9.41. The number of halogens is 2. The summed E-state index contributed by atoms with van der Waals surface area (Å²) in [5.41, 5.74) is 1.69. The molecule has 2 aliphatic rings. The predicted molar refractivity (Wildman–Crippen MR) is 110 cm³/mol. The molecule has 0 unspecified atom stereocenters. The fourth-order valence-electron chi connectivity index (χ4n) is 3.50. The minimum Gasteiger partial charge on any atom is -0.350 e. The van der Waals surface area contributed by atoms with Crippen molar-refractivity contribution in [3.8, 4) is 0 Å². The molecule has 150 valence electrons. The van der Waals surface area contributed by atoms with Gasteiger partial charge in [0.15, 0.2) is 5.13 Å². The number of amides is 2. The van der Waals surface area contributed by atoms with E-state index in [0.29, 0.717) is 41.2 Å². The summed E-state index contributed by atoms with van der Waals surface area (Å²) in [7, 11) is 0. The Morgan fingerprint density at radius 3 is 2.90 bits per heavy atom. The topological polar surface area (TPSA) is 78.1 Å². The van der Waals surface area contributed by atoms with Gasteiger partial charge in [-0.25, -0.2) is 9.37 Å². The van der Waals surface area contributed by atoms with E-state index in [4.69, 9.17) is 11.6 Å². The zero-order valence-electron chi connectivity index (χ0n) is 15.6. The normalized spacial score (nSPS) is 17.3. The van der Waals surface area contributed by atoms with Crippen LogP contribution >= 0.6 is 22.9 Å². The highest BCUT2D eigenvalue weighted by molar-refractivity contribution is 7.15. The molecule has 1 saturated carbocycles. The minimum atomic E-state index is -0.515. The van der Waals surface area contributed by atoms with E-state index in [9.17, 15) is 14.0 Å². The standard InChI is InChI=1S/C20H18ClFN4O2S/c1-20(3-4-20)18(28)25-19-24-13-2-5-26(9-16(13)29-19)17(27)15-7-10-6-12(22)11(21)8-14(10)23-15/h6-8,23H,2-5,9H2,1H3,(H,24,25,28). The molecule has 6 nitrogen and oxygen atoms in total. The fourth-order valence-corrected chi connectivity index (χ4v) is 4.68. The van der Waals surface area contributed by atoms with Crippen molar-refractivity contribution in [1.82, 2.24) is 14.9 Å². The maximum atomic E-state index is 13.7. The van der Waals surface area contributed by atoms with Crippen molar-refractivity contribution < 1.29 is 14.0 Å². The molecule has 1 aliphatic heterocycles. The molecule has 3 aromatic rings. The average molecular weight is 433 g/mol. The van der Waals surface area contributed by atoms with Crippen molar-refractivity contribution >= 4 is 50.8 Å². The summed E-state index contributed by atoms with van der Waals surface area (Å²) >= 11 is 7.24. The monoisotopic (exact) mass is 432 g/mol. The molecule has 1 fully saturated rings. The molecular weight excluding hydrogens is 415 g/mol. The highest BCUT2D eigenvalue weighted by atomic mass is 35.5. The van der Waals surface area contributed by atoms with E-state index < -0.39 is 5.82 Å². The van der Waals surface area contributed by atoms with Gasteiger partial charge >= 0.3 is 0 Å². The van der Waals surface area contributed by atoms with Gasteiger partial charge in [0.25, 0.3) is 5.91 Å². The number of carbonyl (C=O) groups is 2. The van der Waals surface area contributed by atoms with Crippen molar-refractivity contribution in [2.75, 3.05) is 11.9 Å². The van der Waals surface area contributed by atoms with Gasteiger partial charge in [-0.05, 0) is 31.0 Å². The number of aromatic amines is 1. The molecule has 0 radical (unpaired) electrons. The number of anilines is 1. The van der Waals surface area contributed by atoms with E-state index in [1.165, 1.54) is 23.5 Å². The smallest absolute Gasteiger partial charge is 0.270 e. The molecule has 0 atom stereocenters. The maximum Gasteiger partial charge on any atom is 0.270 e. The predicted octanol–water partition coefficient (Wildman–Crippen LogP) is 4.35. The largest absolute Gasteiger partial charge is 0.350 e. The number of hydrogen-bond donors (Lipinski definition) is 2. The van der Waals surface area contributed by atoms with Crippen LogP contribution in [0.25, 0.3) is 10.9 Å². The van der Waals surface area contributed by atoms with Crippen LogP contribution in [-0.2, 0) is 17.8 Å². The van der Waals surface area contributed by atoms with E-state index in [1.807, 2.05) is 6.92 Å². The molecule has 5 rings (SSSR count). The van der Waals surface area contributed by atoms with E-state index in [-0.39, 0.29) is 22.3 Å². The molecule has 3 heterocycles. The van der Waals surface area contributed by atoms with Gasteiger partial charge in [0.05, 0.1) is 17.3 Å². The molecule has 2 N–H and O–H groups in total. The number of fused-ring (bicyclic) bond motifs is 2. The van der Waals surface area contributed by atoms with Crippen LogP contribution in [0.5, 0.6) is 0 Å². The lowest BCUT2D eigenvalue weighted by Crippen LogP contribution is -2.35. The van der Waals surface area contributed by atoms with Crippen molar-refractivity contribution in [1.29, 1.82) is 0 Å². The van der Waals surface area contributed by atoms with Gasteiger partial charge in [0.1, 0.15) is 11.5 Å². The van der Waals surface area contributed by atoms with Crippen molar-refractivity contribution in [3.05, 3.63) is 45.3 Å². The highest BCUT2D eigenvalue weighted by Gasteiger charge is 2.45. The Kier molecular flexibility index (Phi) is 4.18. The van der Waals surface area contributed by atoms with Gasteiger partial charge in [-0.2, -0.15) is 0 Å². The zero-order chi connectivity index (χ0) is 20.3. The van der Waals surface area contributed by atoms with Crippen LogP contribution in [0.2, 0.25) is 5.02 Å².